The lowest BCUT2D eigenvalue weighted by atomic mass is 10.1. The molecule has 134 valence electrons. The summed E-state index contributed by atoms with van der Waals surface area (Å²) in [6, 6.07) is 5.00. The third kappa shape index (κ3) is 4.05. The van der Waals surface area contributed by atoms with Crippen LogP contribution in [-0.2, 0) is 4.74 Å². The summed E-state index contributed by atoms with van der Waals surface area (Å²) < 4.78 is 41.1. The Balaban J connectivity index is 1.69. The fourth-order valence-electron chi connectivity index (χ4n) is 2.26. The van der Waals surface area contributed by atoms with Crippen LogP contribution in [-0.4, -0.2) is 47.2 Å². The molecule has 0 radical (unpaired) electrons. The van der Waals surface area contributed by atoms with Gasteiger partial charge in [0.15, 0.2) is 5.82 Å². The number of ether oxygens (including phenoxy) is 1. The Hall–Kier alpha value is -1.84. The third-order valence-electron chi connectivity index (χ3n) is 3.52. The van der Waals surface area contributed by atoms with Crippen LogP contribution < -0.4 is 10.6 Å². The second-order valence-electron chi connectivity index (χ2n) is 5.40. The topological polar surface area (TPSA) is 77.2 Å². The van der Waals surface area contributed by atoms with E-state index in [4.69, 9.17) is 33.7 Å². The number of benzene rings is 1. The van der Waals surface area contributed by atoms with Crippen LogP contribution in [0.3, 0.4) is 0 Å². The van der Waals surface area contributed by atoms with E-state index < -0.39 is 18.9 Å². The van der Waals surface area contributed by atoms with Crippen molar-refractivity contribution in [1.29, 1.82) is 0 Å². The van der Waals surface area contributed by atoms with Gasteiger partial charge in [0.1, 0.15) is 12.3 Å². The average Bonchev–Trinajstić information content (AvgIpc) is 2.48. The fraction of sp³-hybridized carbons (Fsp3) is 0.357. The number of hydrogen-bond donors (Lipinski definition) is 1. The molecule has 0 atom stereocenters. The molecule has 25 heavy (non-hydrogen) atoms. The van der Waals surface area contributed by atoms with Gasteiger partial charge in [0.05, 0.1) is 16.1 Å². The van der Waals surface area contributed by atoms with Crippen LogP contribution in [0.25, 0.3) is 11.3 Å². The van der Waals surface area contributed by atoms with E-state index in [2.05, 4.69) is 15.2 Å². The molecule has 2 aromatic rings. The number of nitrogens with two attached hydrogens (primary N) is 1. The van der Waals surface area contributed by atoms with Gasteiger partial charge in [0.25, 0.3) is 0 Å². The molecule has 0 amide bonds. The molecule has 1 saturated heterocycles. The number of rotatable bonds is 4. The van der Waals surface area contributed by atoms with Crippen LogP contribution in [0.15, 0.2) is 18.2 Å². The highest BCUT2D eigenvalue weighted by Gasteiger charge is 2.35. The molecular formula is C14H12Cl2F3N5O. The molecular weight excluding hydrogens is 382 g/mol. The first-order chi connectivity index (χ1) is 11.7. The van der Waals surface area contributed by atoms with E-state index in [1.54, 1.807) is 23.1 Å². The van der Waals surface area contributed by atoms with Crippen molar-refractivity contribution in [1.82, 2.24) is 15.2 Å². The number of alkyl halides is 3. The number of halogens is 5. The van der Waals surface area contributed by atoms with E-state index in [1.807, 2.05) is 0 Å². The highest BCUT2D eigenvalue weighted by atomic mass is 35.5. The zero-order valence-corrected chi connectivity index (χ0v) is 14.1. The van der Waals surface area contributed by atoms with Gasteiger partial charge < -0.3 is 15.4 Å². The maximum Gasteiger partial charge on any atom is 0.411 e. The number of aromatic nitrogens is 3. The van der Waals surface area contributed by atoms with Crippen LogP contribution in [0.5, 0.6) is 0 Å². The molecule has 1 fully saturated rings. The number of hydrogen-bond acceptors (Lipinski definition) is 6. The van der Waals surface area contributed by atoms with Gasteiger partial charge in [-0.3, -0.25) is 0 Å². The molecule has 2 N–H and O–H groups in total. The van der Waals surface area contributed by atoms with Gasteiger partial charge in [-0.15, -0.1) is 10.2 Å². The predicted molar refractivity (Wildman–Crippen MR) is 87.7 cm³/mol. The molecule has 1 aliphatic rings. The molecule has 0 spiro atoms. The summed E-state index contributed by atoms with van der Waals surface area (Å²) in [6.45, 7) is -0.818. The highest BCUT2D eigenvalue weighted by molar-refractivity contribution is 6.43. The zero-order chi connectivity index (χ0) is 18.2. The van der Waals surface area contributed by atoms with Crippen molar-refractivity contribution in [2.24, 2.45) is 0 Å². The molecule has 1 aromatic carbocycles. The third-order valence-corrected chi connectivity index (χ3v) is 4.34. The van der Waals surface area contributed by atoms with Gasteiger partial charge in [0.2, 0.25) is 5.95 Å². The molecule has 1 aliphatic heterocycles. The summed E-state index contributed by atoms with van der Waals surface area (Å²) in [5, 5.41) is 8.60. The maximum absolute atomic E-state index is 12.1. The van der Waals surface area contributed by atoms with Crippen molar-refractivity contribution in [2.75, 3.05) is 30.3 Å². The van der Waals surface area contributed by atoms with Crippen molar-refractivity contribution >= 4 is 35.0 Å². The Labute approximate surface area is 150 Å². The molecule has 3 rings (SSSR count). The monoisotopic (exact) mass is 393 g/mol. The molecule has 6 nitrogen and oxygen atoms in total. The SMILES string of the molecule is Nc1nc(N2CC(OCC(F)(F)F)C2)nnc1-c1cccc(Cl)c1Cl. The van der Waals surface area contributed by atoms with Crippen molar-refractivity contribution in [3.63, 3.8) is 0 Å². The van der Waals surface area contributed by atoms with Crippen molar-refractivity contribution in [3.8, 4) is 11.3 Å². The number of anilines is 2. The minimum Gasteiger partial charge on any atom is -0.382 e. The Morgan fingerprint density at radius 2 is 1.96 bits per heavy atom. The first kappa shape index (κ1) is 18.0. The summed E-state index contributed by atoms with van der Waals surface area (Å²) in [5.74, 6) is 0.306. The first-order valence-electron chi connectivity index (χ1n) is 7.12. The average molecular weight is 394 g/mol. The van der Waals surface area contributed by atoms with E-state index in [1.165, 1.54) is 0 Å². The lowest BCUT2D eigenvalue weighted by Crippen LogP contribution is -2.53. The molecule has 0 unspecified atom stereocenters. The smallest absolute Gasteiger partial charge is 0.382 e. The van der Waals surface area contributed by atoms with Crippen molar-refractivity contribution in [2.45, 2.75) is 12.3 Å². The van der Waals surface area contributed by atoms with Gasteiger partial charge in [0, 0.05) is 18.7 Å². The normalized spacial score (nSPS) is 15.3. The second kappa shape index (κ2) is 6.81. The summed E-state index contributed by atoms with van der Waals surface area (Å²) in [7, 11) is 0. The minimum absolute atomic E-state index is 0.0915. The predicted octanol–water partition coefficient (Wildman–Crippen LogP) is 3.20. The molecule has 0 saturated carbocycles. The van der Waals surface area contributed by atoms with Crippen LogP contribution in [0, 0.1) is 0 Å². The highest BCUT2D eigenvalue weighted by Crippen LogP contribution is 2.34. The largest absolute Gasteiger partial charge is 0.411 e. The Kier molecular flexibility index (Phi) is 4.90. The zero-order valence-electron chi connectivity index (χ0n) is 12.6. The molecule has 0 bridgehead atoms. The van der Waals surface area contributed by atoms with Crippen molar-refractivity contribution in [3.05, 3.63) is 28.2 Å². The van der Waals surface area contributed by atoms with Gasteiger partial charge in [-0.2, -0.15) is 18.2 Å². The van der Waals surface area contributed by atoms with E-state index in [0.717, 1.165) is 0 Å². The fourth-order valence-corrected chi connectivity index (χ4v) is 2.65. The molecule has 0 aliphatic carbocycles. The summed E-state index contributed by atoms with van der Waals surface area (Å²) >= 11 is 12.1. The summed E-state index contributed by atoms with van der Waals surface area (Å²) in [5.41, 5.74) is 6.69. The van der Waals surface area contributed by atoms with Crippen LogP contribution in [0.1, 0.15) is 0 Å². The Morgan fingerprint density at radius 1 is 1.24 bits per heavy atom. The van der Waals surface area contributed by atoms with Crippen LogP contribution >= 0.6 is 23.2 Å². The van der Waals surface area contributed by atoms with E-state index in [-0.39, 0.29) is 35.6 Å². The Bertz CT molecular complexity index is 784. The quantitative estimate of drug-likeness (QED) is 0.859. The number of nitrogen functional groups attached to an aromatic ring is 1. The van der Waals surface area contributed by atoms with E-state index >= 15 is 0 Å². The maximum atomic E-state index is 12.1. The van der Waals surface area contributed by atoms with Crippen LogP contribution in [0.2, 0.25) is 10.0 Å². The number of nitrogens with zero attached hydrogens (tertiary/aromatic N) is 4. The van der Waals surface area contributed by atoms with Crippen molar-refractivity contribution < 1.29 is 17.9 Å². The lowest BCUT2D eigenvalue weighted by molar-refractivity contribution is -0.187. The lowest BCUT2D eigenvalue weighted by Gasteiger charge is -2.38. The summed E-state index contributed by atoms with van der Waals surface area (Å²) in [4.78, 5) is 5.76. The van der Waals surface area contributed by atoms with Crippen LogP contribution in [0.4, 0.5) is 24.9 Å². The van der Waals surface area contributed by atoms with E-state index in [0.29, 0.717) is 10.6 Å². The van der Waals surface area contributed by atoms with E-state index in [9.17, 15) is 13.2 Å². The van der Waals surface area contributed by atoms with Gasteiger partial charge in [-0.1, -0.05) is 35.3 Å². The standard InChI is InChI=1S/C14H12Cl2F3N5O/c15-9-3-1-2-8(10(9)16)11-12(20)21-13(23-22-11)24-4-7(5-24)25-6-14(17,18)19/h1-3,7H,4-6H2,(H2,20,21,23). The molecule has 2 heterocycles. The van der Waals surface area contributed by atoms with Gasteiger partial charge in [-0.05, 0) is 6.07 Å². The molecule has 11 heteroatoms. The first-order valence-corrected chi connectivity index (χ1v) is 7.88. The summed E-state index contributed by atoms with van der Waals surface area (Å²) in [6.07, 6.45) is -4.88. The molecule has 1 aromatic heterocycles. The second-order valence-corrected chi connectivity index (χ2v) is 6.19. The minimum atomic E-state index is -4.35. The van der Waals surface area contributed by atoms with Gasteiger partial charge in [-0.25, -0.2) is 0 Å². The Morgan fingerprint density at radius 3 is 2.60 bits per heavy atom. The van der Waals surface area contributed by atoms with Gasteiger partial charge >= 0.3 is 6.18 Å².